The van der Waals surface area contributed by atoms with Crippen LogP contribution in [0.2, 0.25) is 0 Å². The lowest BCUT2D eigenvalue weighted by atomic mass is 9.72. The maximum Gasteiger partial charge on any atom is 0.165 e. The number of carbonyl (C=O) groups excluding carboxylic acids is 2. The molecule has 0 aromatic heterocycles. The van der Waals surface area contributed by atoms with Crippen LogP contribution >= 0.6 is 0 Å². The van der Waals surface area contributed by atoms with Gasteiger partial charge in [0.15, 0.2) is 11.6 Å². The second kappa shape index (κ2) is 10.7. The lowest BCUT2D eigenvalue weighted by molar-refractivity contribution is 0.0939. The largest absolute Gasteiger partial charge is 0.508 e. The number of phenolic OH excluding ortho intramolecular Hbond substituents is 1. The number of carbonyl (C=O) groups is 2. The van der Waals surface area contributed by atoms with Crippen molar-refractivity contribution in [2.75, 3.05) is 6.61 Å². The molecule has 4 rings (SSSR count). The molecule has 4 nitrogen and oxygen atoms in total. The van der Waals surface area contributed by atoms with Crippen molar-refractivity contribution in [2.24, 2.45) is 41.4 Å². The first-order valence-electron chi connectivity index (χ1n) is 13.5. The first-order chi connectivity index (χ1) is 17.2. The molecule has 2 N–H and O–H groups in total. The average Bonchev–Trinajstić information content (AvgIpc) is 3.08. The van der Waals surface area contributed by atoms with Gasteiger partial charge in [-0.1, -0.05) is 65.3 Å². The van der Waals surface area contributed by atoms with Gasteiger partial charge in [-0.15, -0.1) is 0 Å². The molecule has 36 heavy (non-hydrogen) atoms. The molecule has 0 bridgehead atoms. The summed E-state index contributed by atoms with van der Waals surface area (Å²) in [7, 11) is 0. The molecule has 192 valence electrons. The zero-order valence-electron chi connectivity index (χ0n) is 22.2. The highest BCUT2D eigenvalue weighted by molar-refractivity contribution is 6.03. The van der Waals surface area contributed by atoms with E-state index in [0.29, 0.717) is 53.1 Å². The lowest BCUT2D eigenvalue weighted by Gasteiger charge is -2.33. The number of benzene rings is 2. The van der Waals surface area contributed by atoms with Gasteiger partial charge in [-0.05, 0) is 82.9 Å². The molecule has 2 aromatic carbocycles. The first-order valence-corrected chi connectivity index (χ1v) is 13.5. The Kier molecular flexibility index (Phi) is 7.85. The van der Waals surface area contributed by atoms with Crippen molar-refractivity contribution < 1.29 is 19.8 Å². The second-order valence-electron chi connectivity index (χ2n) is 11.2. The minimum Gasteiger partial charge on any atom is -0.508 e. The number of fused-ring (bicyclic) bond motifs is 1. The van der Waals surface area contributed by atoms with Crippen molar-refractivity contribution in [3.8, 4) is 16.9 Å². The zero-order chi connectivity index (χ0) is 26.1. The Balaban J connectivity index is 1.60. The lowest BCUT2D eigenvalue weighted by Crippen LogP contribution is -2.27. The van der Waals surface area contributed by atoms with E-state index in [2.05, 4.69) is 26.0 Å². The van der Waals surface area contributed by atoms with Crippen molar-refractivity contribution in [3.63, 3.8) is 0 Å². The smallest absolute Gasteiger partial charge is 0.165 e. The van der Waals surface area contributed by atoms with Gasteiger partial charge in [0.25, 0.3) is 0 Å². The van der Waals surface area contributed by atoms with Gasteiger partial charge < -0.3 is 10.2 Å². The third-order valence-electron chi connectivity index (χ3n) is 8.67. The van der Waals surface area contributed by atoms with E-state index in [1.807, 2.05) is 45.0 Å². The second-order valence-corrected chi connectivity index (χ2v) is 11.2. The molecule has 1 saturated carbocycles. The highest BCUT2D eigenvalue weighted by atomic mass is 16.3. The third-order valence-corrected chi connectivity index (χ3v) is 8.67. The molecule has 0 spiro atoms. The van der Waals surface area contributed by atoms with E-state index in [9.17, 15) is 19.8 Å². The Morgan fingerprint density at radius 3 is 2.14 bits per heavy atom. The summed E-state index contributed by atoms with van der Waals surface area (Å²) >= 11 is 0. The molecule has 2 aromatic rings. The van der Waals surface area contributed by atoms with Crippen LogP contribution in [0.5, 0.6) is 5.75 Å². The number of aliphatic hydroxyl groups is 1. The maximum atomic E-state index is 12.7. The first kappa shape index (κ1) is 26.3. The van der Waals surface area contributed by atoms with Crippen molar-refractivity contribution >= 4 is 11.6 Å². The summed E-state index contributed by atoms with van der Waals surface area (Å²) in [4.78, 5) is 25.2. The summed E-state index contributed by atoms with van der Waals surface area (Å²) in [5.41, 5.74) is 3.53. The van der Waals surface area contributed by atoms with Gasteiger partial charge in [-0.2, -0.15) is 0 Å². The quantitative estimate of drug-likeness (QED) is 0.287. The maximum absolute atomic E-state index is 12.7. The van der Waals surface area contributed by atoms with Crippen LogP contribution in [-0.4, -0.2) is 28.4 Å². The fraction of sp³-hybridized carbons (Fsp3) is 0.500. The molecule has 2 aliphatic rings. The van der Waals surface area contributed by atoms with Crippen LogP contribution in [-0.2, 0) is 6.42 Å². The minimum absolute atomic E-state index is 0.00300. The predicted octanol–water partition coefficient (Wildman–Crippen LogP) is 6.74. The number of aliphatic hydroxyl groups excluding tert-OH is 1. The fourth-order valence-electron chi connectivity index (χ4n) is 6.70. The molecule has 2 aliphatic carbocycles. The van der Waals surface area contributed by atoms with Gasteiger partial charge in [0.2, 0.25) is 0 Å². The monoisotopic (exact) mass is 488 g/mol. The number of allylic oxidation sites excluding steroid dienone is 2. The van der Waals surface area contributed by atoms with E-state index in [4.69, 9.17) is 0 Å². The Hall–Kier alpha value is -2.72. The van der Waals surface area contributed by atoms with Crippen molar-refractivity contribution in [1.82, 2.24) is 0 Å². The van der Waals surface area contributed by atoms with E-state index >= 15 is 0 Å². The van der Waals surface area contributed by atoms with Crippen LogP contribution in [0.25, 0.3) is 11.1 Å². The molecule has 0 heterocycles. The van der Waals surface area contributed by atoms with Gasteiger partial charge >= 0.3 is 0 Å². The normalized spacial score (nSPS) is 25.5. The molecular formula is C32H40O4. The van der Waals surface area contributed by atoms with E-state index in [0.717, 1.165) is 29.5 Å². The third kappa shape index (κ3) is 4.80. The molecule has 4 heteroatoms. The summed E-state index contributed by atoms with van der Waals surface area (Å²) in [5, 5.41) is 21.0. The molecule has 0 saturated heterocycles. The Morgan fingerprint density at radius 1 is 0.889 bits per heavy atom. The Morgan fingerprint density at radius 2 is 1.58 bits per heavy atom. The van der Waals surface area contributed by atoms with E-state index in [1.165, 1.54) is 0 Å². The van der Waals surface area contributed by atoms with Crippen LogP contribution in [0.1, 0.15) is 73.7 Å². The number of Topliss-reactive ketones (excluding diaryl/α,β-unsaturated/α-hetero) is 2. The van der Waals surface area contributed by atoms with Gasteiger partial charge in [0.05, 0.1) is 0 Å². The Labute approximate surface area is 215 Å². The van der Waals surface area contributed by atoms with Gasteiger partial charge in [-0.3, -0.25) is 9.59 Å². The summed E-state index contributed by atoms with van der Waals surface area (Å²) < 4.78 is 0. The standard InChI is InChI=1S/C32H40O4/c1-6-25-28(17-33)26-10-11-27(26)31(25)19(5)12-21-9-8-20(16-30(21)35)22-13-23(29(34)7-2)15-24(14-22)32(36)18(3)4/h8-11,13-16,18-19,25-28,31,33,35H,6-7,12,17H2,1-5H3. The molecule has 0 amide bonds. The van der Waals surface area contributed by atoms with Crippen LogP contribution < -0.4 is 0 Å². The van der Waals surface area contributed by atoms with Crippen LogP contribution in [0.4, 0.5) is 0 Å². The topological polar surface area (TPSA) is 74.6 Å². The molecule has 0 aliphatic heterocycles. The number of ketones is 2. The summed E-state index contributed by atoms with van der Waals surface area (Å²) in [6.07, 6.45) is 6.78. The average molecular weight is 489 g/mol. The highest BCUT2D eigenvalue weighted by Gasteiger charge is 2.51. The van der Waals surface area contributed by atoms with Gasteiger partial charge in [0, 0.05) is 30.1 Å². The molecule has 0 radical (unpaired) electrons. The highest BCUT2D eigenvalue weighted by Crippen LogP contribution is 2.56. The molecule has 6 unspecified atom stereocenters. The minimum atomic E-state index is -0.167. The van der Waals surface area contributed by atoms with Crippen molar-refractivity contribution in [3.05, 3.63) is 65.2 Å². The predicted molar refractivity (Wildman–Crippen MR) is 144 cm³/mol. The van der Waals surface area contributed by atoms with Crippen LogP contribution in [0, 0.1) is 41.4 Å². The number of rotatable bonds is 10. The SMILES string of the molecule is CCC(=O)c1cc(C(=O)C(C)C)cc(-c2ccc(CC(C)C3C4C=CC4C(CO)C3CC)c(O)c2)c1. The van der Waals surface area contributed by atoms with Crippen molar-refractivity contribution in [2.45, 2.75) is 53.9 Å². The molecule has 6 atom stereocenters. The summed E-state index contributed by atoms with van der Waals surface area (Å²) in [6, 6.07) is 11.1. The van der Waals surface area contributed by atoms with E-state index in [-0.39, 0.29) is 29.8 Å². The number of phenols is 1. The number of aromatic hydroxyl groups is 1. The zero-order valence-corrected chi connectivity index (χ0v) is 22.2. The summed E-state index contributed by atoms with van der Waals surface area (Å²) in [6.45, 7) is 10.3. The molecular weight excluding hydrogens is 448 g/mol. The number of hydrogen-bond donors (Lipinski definition) is 2. The van der Waals surface area contributed by atoms with Gasteiger partial charge in [-0.25, -0.2) is 0 Å². The number of hydrogen-bond acceptors (Lipinski definition) is 4. The van der Waals surface area contributed by atoms with E-state index in [1.54, 1.807) is 12.1 Å². The molecule has 1 fully saturated rings. The van der Waals surface area contributed by atoms with Crippen LogP contribution in [0.3, 0.4) is 0 Å². The Bertz CT molecular complexity index is 1160. The van der Waals surface area contributed by atoms with E-state index < -0.39 is 0 Å². The van der Waals surface area contributed by atoms with Crippen molar-refractivity contribution in [1.29, 1.82) is 0 Å². The fourth-order valence-corrected chi connectivity index (χ4v) is 6.70. The van der Waals surface area contributed by atoms with Crippen LogP contribution in [0.15, 0.2) is 48.6 Å². The van der Waals surface area contributed by atoms with Gasteiger partial charge in [0.1, 0.15) is 5.75 Å². The summed E-state index contributed by atoms with van der Waals surface area (Å²) in [5.74, 6) is 2.81.